The van der Waals surface area contributed by atoms with Crippen molar-refractivity contribution in [3.05, 3.63) is 41.9 Å². The van der Waals surface area contributed by atoms with Crippen molar-refractivity contribution in [2.45, 2.75) is 20.4 Å². The summed E-state index contributed by atoms with van der Waals surface area (Å²) in [5.41, 5.74) is 1.88. The normalized spacial score (nSPS) is 10.2. The van der Waals surface area contributed by atoms with Gasteiger partial charge in [-0.05, 0) is 32.0 Å². The van der Waals surface area contributed by atoms with Gasteiger partial charge in [0.15, 0.2) is 0 Å². The van der Waals surface area contributed by atoms with Crippen LogP contribution in [-0.4, -0.2) is 20.7 Å². The number of rotatable bonds is 3. The maximum Gasteiger partial charge on any atom is 0.247 e. The lowest BCUT2D eigenvalue weighted by atomic mass is 10.4. The molecule has 0 fully saturated rings. The third-order valence-corrected chi connectivity index (χ3v) is 2.33. The Morgan fingerprint density at radius 1 is 1.41 bits per heavy atom. The van der Waals surface area contributed by atoms with Gasteiger partial charge in [-0.25, -0.2) is 4.98 Å². The van der Waals surface area contributed by atoms with Crippen LogP contribution in [0.5, 0.6) is 0 Å². The number of pyridine rings is 1. The van der Waals surface area contributed by atoms with Crippen LogP contribution in [0.2, 0.25) is 0 Å². The number of hydrogen-bond donors (Lipinski definition) is 1. The summed E-state index contributed by atoms with van der Waals surface area (Å²) in [6.45, 7) is 4.03. The third kappa shape index (κ3) is 2.90. The molecule has 17 heavy (non-hydrogen) atoms. The average molecular weight is 230 g/mol. The molecular weight excluding hydrogens is 216 g/mol. The number of carbonyl (C=O) groups excluding carboxylic acids is 1. The van der Waals surface area contributed by atoms with Gasteiger partial charge < -0.3 is 5.32 Å². The van der Waals surface area contributed by atoms with Gasteiger partial charge in [-0.2, -0.15) is 5.10 Å². The largest absolute Gasteiger partial charge is 0.309 e. The molecule has 5 heteroatoms. The van der Waals surface area contributed by atoms with Crippen LogP contribution in [0.3, 0.4) is 0 Å². The summed E-state index contributed by atoms with van der Waals surface area (Å²) in [5.74, 6) is 0.425. The summed E-state index contributed by atoms with van der Waals surface area (Å²) in [7, 11) is 0. The van der Waals surface area contributed by atoms with E-state index in [1.165, 1.54) is 0 Å². The van der Waals surface area contributed by atoms with Gasteiger partial charge in [-0.1, -0.05) is 6.07 Å². The van der Waals surface area contributed by atoms with Crippen LogP contribution in [-0.2, 0) is 11.3 Å². The number of aromatic nitrogens is 3. The van der Waals surface area contributed by atoms with Crippen molar-refractivity contribution in [1.82, 2.24) is 14.8 Å². The molecule has 88 valence electrons. The van der Waals surface area contributed by atoms with Gasteiger partial charge in [0.05, 0.1) is 5.69 Å². The molecule has 0 aliphatic rings. The molecule has 0 bridgehead atoms. The van der Waals surface area contributed by atoms with Crippen molar-refractivity contribution in [2.24, 2.45) is 0 Å². The van der Waals surface area contributed by atoms with Crippen molar-refractivity contribution in [3.63, 3.8) is 0 Å². The standard InChI is InChI=1S/C12H14N4O/c1-9-7-10(2)16(15-9)8-12(17)14-11-5-3-4-6-13-11/h3-7H,8H2,1-2H3,(H,13,14,17). The monoisotopic (exact) mass is 230 g/mol. The SMILES string of the molecule is Cc1cc(C)n(CC(=O)Nc2ccccn2)n1. The van der Waals surface area contributed by atoms with E-state index in [2.05, 4.69) is 15.4 Å². The molecule has 2 aromatic heterocycles. The van der Waals surface area contributed by atoms with E-state index in [0.717, 1.165) is 11.4 Å². The van der Waals surface area contributed by atoms with Crippen molar-refractivity contribution in [1.29, 1.82) is 0 Å². The zero-order valence-electron chi connectivity index (χ0n) is 9.84. The molecule has 0 aliphatic carbocycles. The van der Waals surface area contributed by atoms with E-state index in [1.54, 1.807) is 23.0 Å². The Hall–Kier alpha value is -2.17. The molecule has 2 aromatic rings. The Morgan fingerprint density at radius 2 is 2.24 bits per heavy atom. The summed E-state index contributed by atoms with van der Waals surface area (Å²) in [5, 5.41) is 6.94. The second kappa shape index (κ2) is 4.78. The van der Waals surface area contributed by atoms with Gasteiger partial charge in [0.1, 0.15) is 12.4 Å². The van der Waals surface area contributed by atoms with Gasteiger partial charge in [-0.15, -0.1) is 0 Å². The van der Waals surface area contributed by atoms with E-state index in [-0.39, 0.29) is 12.5 Å². The maximum atomic E-state index is 11.7. The van der Waals surface area contributed by atoms with Crippen LogP contribution in [0.25, 0.3) is 0 Å². The lowest BCUT2D eigenvalue weighted by Crippen LogP contribution is -2.20. The first-order valence-electron chi connectivity index (χ1n) is 5.37. The van der Waals surface area contributed by atoms with Gasteiger partial charge in [-0.3, -0.25) is 9.48 Å². The van der Waals surface area contributed by atoms with Crippen LogP contribution in [0.4, 0.5) is 5.82 Å². The number of nitrogens with zero attached hydrogens (tertiary/aromatic N) is 3. The Labute approximate surface area is 99.5 Å². The highest BCUT2D eigenvalue weighted by molar-refractivity contribution is 5.89. The Morgan fingerprint density at radius 3 is 2.82 bits per heavy atom. The van der Waals surface area contributed by atoms with Crippen molar-refractivity contribution < 1.29 is 4.79 Å². The highest BCUT2D eigenvalue weighted by atomic mass is 16.2. The summed E-state index contributed by atoms with van der Waals surface area (Å²) >= 11 is 0. The van der Waals surface area contributed by atoms with Crippen LogP contribution >= 0.6 is 0 Å². The van der Waals surface area contributed by atoms with Gasteiger partial charge in [0.25, 0.3) is 0 Å². The second-order valence-electron chi connectivity index (χ2n) is 3.85. The van der Waals surface area contributed by atoms with E-state index in [9.17, 15) is 4.79 Å². The fourth-order valence-electron chi connectivity index (χ4n) is 1.59. The summed E-state index contributed by atoms with van der Waals surface area (Å²) < 4.78 is 1.67. The van der Waals surface area contributed by atoms with Crippen LogP contribution in [0, 0.1) is 13.8 Å². The highest BCUT2D eigenvalue weighted by Gasteiger charge is 2.07. The minimum Gasteiger partial charge on any atom is -0.309 e. The predicted octanol–water partition coefficient (Wildman–Crippen LogP) is 1.53. The van der Waals surface area contributed by atoms with Crippen LogP contribution in [0.1, 0.15) is 11.4 Å². The second-order valence-corrected chi connectivity index (χ2v) is 3.85. The molecule has 1 amide bonds. The Balaban J connectivity index is 2.01. The van der Waals surface area contributed by atoms with E-state index < -0.39 is 0 Å². The minimum atomic E-state index is -0.130. The van der Waals surface area contributed by atoms with Crippen LogP contribution in [0.15, 0.2) is 30.5 Å². The minimum absolute atomic E-state index is 0.130. The molecule has 0 spiro atoms. The van der Waals surface area contributed by atoms with Gasteiger partial charge in [0.2, 0.25) is 5.91 Å². The molecule has 2 heterocycles. The predicted molar refractivity (Wildman–Crippen MR) is 64.6 cm³/mol. The fraction of sp³-hybridized carbons (Fsp3) is 0.250. The number of hydrogen-bond acceptors (Lipinski definition) is 3. The molecule has 0 atom stereocenters. The topological polar surface area (TPSA) is 59.8 Å². The van der Waals surface area contributed by atoms with Crippen molar-refractivity contribution in [2.75, 3.05) is 5.32 Å². The van der Waals surface area contributed by atoms with Crippen molar-refractivity contribution >= 4 is 11.7 Å². The molecule has 0 radical (unpaired) electrons. The Kier molecular flexibility index (Phi) is 3.18. The maximum absolute atomic E-state index is 11.7. The zero-order valence-corrected chi connectivity index (χ0v) is 9.84. The quantitative estimate of drug-likeness (QED) is 0.870. The van der Waals surface area contributed by atoms with Crippen LogP contribution < -0.4 is 5.32 Å². The number of carbonyl (C=O) groups is 1. The number of amides is 1. The first kappa shape index (κ1) is 11.3. The number of aryl methyl sites for hydroxylation is 2. The molecule has 5 nitrogen and oxygen atoms in total. The lowest BCUT2D eigenvalue weighted by molar-refractivity contribution is -0.117. The summed E-state index contributed by atoms with van der Waals surface area (Å²) in [6.07, 6.45) is 1.64. The number of anilines is 1. The molecule has 2 rings (SSSR count). The Bertz CT molecular complexity index is 519. The fourth-order valence-corrected chi connectivity index (χ4v) is 1.59. The molecule has 0 saturated heterocycles. The van der Waals surface area contributed by atoms with Gasteiger partial charge in [0, 0.05) is 11.9 Å². The lowest BCUT2D eigenvalue weighted by Gasteiger charge is -2.05. The van der Waals surface area contributed by atoms with E-state index in [0.29, 0.717) is 5.82 Å². The van der Waals surface area contributed by atoms with Gasteiger partial charge >= 0.3 is 0 Å². The molecule has 0 saturated carbocycles. The number of nitrogens with one attached hydrogen (secondary N) is 1. The van der Waals surface area contributed by atoms with E-state index >= 15 is 0 Å². The first-order valence-corrected chi connectivity index (χ1v) is 5.37. The van der Waals surface area contributed by atoms with Crippen molar-refractivity contribution in [3.8, 4) is 0 Å². The third-order valence-electron chi connectivity index (χ3n) is 2.33. The molecule has 0 aromatic carbocycles. The molecule has 1 N–H and O–H groups in total. The summed E-state index contributed by atoms with van der Waals surface area (Å²) in [6, 6.07) is 7.32. The molecular formula is C12H14N4O. The van der Waals surface area contributed by atoms with E-state index in [1.807, 2.05) is 26.0 Å². The smallest absolute Gasteiger partial charge is 0.247 e. The molecule has 0 unspecified atom stereocenters. The average Bonchev–Trinajstić information content (AvgIpc) is 2.58. The summed E-state index contributed by atoms with van der Waals surface area (Å²) in [4.78, 5) is 15.8. The highest BCUT2D eigenvalue weighted by Crippen LogP contribution is 2.03. The zero-order chi connectivity index (χ0) is 12.3. The van der Waals surface area contributed by atoms with E-state index in [4.69, 9.17) is 0 Å². The molecule has 0 aliphatic heterocycles. The first-order chi connectivity index (χ1) is 8.15.